The Hall–Kier alpha value is -8.70. The lowest BCUT2D eigenvalue weighted by molar-refractivity contribution is 0.230. The number of nitrogens with zero attached hydrogens (tertiary/aromatic N) is 3. The molecule has 3 aliphatic rings. The highest BCUT2D eigenvalue weighted by molar-refractivity contribution is 6.34. The molecule has 87 heavy (non-hydrogen) atoms. The first-order chi connectivity index (χ1) is 41.1. The number of nitriles is 1. The Labute approximate surface area is 520 Å². The monoisotopic (exact) mass is 1140 g/mol. The third-order valence-corrected chi connectivity index (χ3v) is 18.0. The van der Waals surface area contributed by atoms with E-state index < -0.39 is 0 Å². The van der Waals surface area contributed by atoms with Crippen molar-refractivity contribution in [3.05, 3.63) is 262 Å². The molecule has 3 aliphatic heterocycles. The Bertz CT molecular complexity index is 4070. The lowest BCUT2D eigenvalue weighted by atomic mass is 9.75. The molecule has 8 aromatic rings. The van der Waals surface area contributed by atoms with Crippen LogP contribution < -0.4 is 0 Å². The molecule has 0 aromatic heterocycles. The van der Waals surface area contributed by atoms with E-state index in [9.17, 15) is 0 Å². The molecule has 1 unspecified atom stereocenters. The molecule has 1 atom stereocenters. The predicted octanol–water partition coefficient (Wildman–Crippen LogP) is 23.0. The number of rotatable bonds is 7. The molecule has 1 fully saturated rings. The van der Waals surface area contributed by atoms with Crippen molar-refractivity contribution >= 4 is 32.3 Å². The van der Waals surface area contributed by atoms with Crippen LogP contribution in [0.5, 0.6) is 0 Å². The van der Waals surface area contributed by atoms with Gasteiger partial charge in [-0.25, -0.2) is 10.1 Å². The first-order valence-corrected chi connectivity index (χ1v) is 31.1. The summed E-state index contributed by atoms with van der Waals surface area (Å²) in [6.07, 6.45) is 13.6. The smallest absolute Gasteiger partial charge is 0.269 e. The molecule has 0 spiro atoms. The number of ether oxygens (including phenoxy) is 1. The van der Waals surface area contributed by atoms with Crippen molar-refractivity contribution in [2.45, 2.75) is 151 Å². The largest absolute Gasteiger partial charge is 0.462 e. The maximum absolute atomic E-state index is 9.11. The van der Waals surface area contributed by atoms with Crippen LogP contribution in [0.2, 0.25) is 0 Å². The zero-order valence-electron chi connectivity index (χ0n) is 54.5. The van der Waals surface area contributed by atoms with Crippen molar-refractivity contribution < 1.29 is 4.74 Å². The van der Waals surface area contributed by atoms with E-state index in [0.29, 0.717) is 23.1 Å². The molecular formula is C83H87N3O. The fourth-order valence-electron chi connectivity index (χ4n) is 13.0. The quantitative estimate of drug-likeness (QED) is 0.0691. The Balaban J connectivity index is 0.000000242. The highest BCUT2D eigenvalue weighted by Gasteiger charge is 2.39. The van der Waals surface area contributed by atoms with Crippen LogP contribution in [0.25, 0.3) is 81.7 Å². The first-order valence-electron chi connectivity index (χ1n) is 31.1. The van der Waals surface area contributed by atoms with Crippen molar-refractivity contribution in [2.24, 2.45) is 5.41 Å². The molecule has 0 bridgehead atoms. The summed E-state index contributed by atoms with van der Waals surface area (Å²) in [5, 5.41) is 16.9. The molecule has 8 aromatic carbocycles. The predicted molar refractivity (Wildman–Crippen MR) is 371 cm³/mol. The lowest BCUT2D eigenvalue weighted by Gasteiger charge is -2.40. The molecule has 0 radical (unpaired) electrons. The van der Waals surface area contributed by atoms with Crippen molar-refractivity contribution in [2.75, 3.05) is 6.54 Å². The number of hydrogen-bond acceptors (Lipinski definition) is 3. The minimum atomic E-state index is -0.0286. The highest BCUT2D eigenvalue weighted by Crippen LogP contribution is 2.55. The van der Waals surface area contributed by atoms with Crippen LogP contribution in [0.4, 0.5) is 0 Å². The van der Waals surface area contributed by atoms with Gasteiger partial charge in [-0.2, -0.15) is 0 Å². The number of fused-ring (bicyclic) bond motifs is 4. The zero-order chi connectivity index (χ0) is 62.5. The minimum Gasteiger partial charge on any atom is -0.462 e. The molecule has 1 saturated heterocycles. The molecule has 4 nitrogen and oxygen atoms in total. The molecule has 0 amide bonds. The molecule has 11 rings (SSSR count). The second-order valence-electron chi connectivity index (χ2n) is 29.1. The fourth-order valence-corrected chi connectivity index (χ4v) is 13.0. The van der Waals surface area contributed by atoms with Crippen molar-refractivity contribution in [3.63, 3.8) is 0 Å². The number of benzene rings is 8. The second kappa shape index (κ2) is 23.5. The summed E-state index contributed by atoms with van der Waals surface area (Å²) in [5.41, 5.74) is 20.1. The Kier molecular flexibility index (Phi) is 16.6. The van der Waals surface area contributed by atoms with Gasteiger partial charge in [-0.1, -0.05) is 255 Å². The van der Waals surface area contributed by atoms with Crippen LogP contribution in [0, 0.1) is 23.3 Å². The minimum absolute atomic E-state index is 0.0286. The van der Waals surface area contributed by atoms with E-state index in [2.05, 4.69) is 272 Å². The van der Waals surface area contributed by atoms with Gasteiger partial charge in [-0.3, -0.25) is 0 Å². The second-order valence-corrected chi connectivity index (χ2v) is 29.1. The van der Waals surface area contributed by atoms with Crippen LogP contribution >= 0.6 is 0 Å². The van der Waals surface area contributed by atoms with Gasteiger partial charge in [0.05, 0.1) is 12.6 Å². The van der Waals surface area contributed by atoms with Gasteiger partial charge in [-0.15, -0.1) is 0 Å². The highest BCUT2D eigenvalue weighted by atomic mass is 16.5. The normalized spacial score (nSPS) is 17.0. The van der Waals surface area contributed by atoms with E-state index in [1.165, 1.54) is 116 Å². The summed E-state index contributed by atoms with van der Waals surface area (Å²) in [5.74, 6) is 1.27. The summed E-state index contributed by atoms with van der Waals surface area (Å²) >= 11 is 0. The summed E-state index contributed by atoms with van der Waals surface area (Å²) in [6, 6.07) is 58.4. The van der Waals surface area contributed by atoms with Crippen LogP contribution in [-0.4, -0.2) is 17.5 Å². The van der Waals surface area contributed by atoms with E-state index in [-0.39, 0.29) is 32.8 Å². The summed E-state index contributed by atoms with van der Waals surface area (Å²) in [7, 11) is 0. The van der Waals surface area contributed by atoms with Gasteiger partial charge in [0, 0.05) is 18.3 Å². The number of hydrogen-bond donors (Lipinski definition) is 0. The average molecular weight is 1140 g/mol. The molecule has 0 aliphatic carbocycles. The van der Waals surface area contributed by atoms with Crippen LogP contribution in [0.15, 0.2) is 228 Å². The van der Waals surface area contributed by atoms with Crippen LogP contribution in [0.1, 0.15) is 146 Å². The third kappa shape index (κ3) is 12.4. The van der Waals surface area contributed by atoms with Gasteiger partial charge < -0.3 is 9.64 Å². The average Bonchev–Trinajstić information content (AvgIpc) is 1.12. The summed E-state index contributed by atoms with van der Waals surface area (Å²) in [6.45, 7) is 49.0. The van der Waals surface area contributed by atoms with Gasteiger partial charge in [0.2, 0.25) is 0 Å². The van der Waals surface area contributed by atoms with Crippen LogP contribution in [0.3, 0.4) is 0 Å². The number of allylic oxidation sites excluding steroid dienone is 11. The standard InChI is InChI=1S/C58H60.C25H27N3O/c1-55(2,3)41-27-23-39(24-28-41)49-45-33-31-43(57(7,8)9)35-47(45)52(38-21-17-14-18-22-38)54-50(40-25-29-42(30-26-40)56(4,5)6)46-34-32-44(58(10,11)12)36-48(46)51(53(49)54)37-19-15-13-16-20-37;1-17-13-18(2)28-12-11-25(4,5)22(24(17)28)10-8-7-9-21-15-20(14-19(3)29-21)23(16-26)27-6/h13-36H,1-12H3;7-10,14-15,18H,1,11-13H2,2-5H3/b;9-7+,10-8+,23-20-. The summed E-state index contributed by atoms with van der Waals surface area (Å²) < 4.78 is 5.71. The molecule has 0 saturated carbocycles. The van der Waals surface area contributed by atoms with E-state index in [1.54, 1.807) is 12.2 Å². The molecule has 4 heteroatoms. The SMILES string of the molecule is CC(C)(C)c1ccc(-c2c3ccc(C(C)(C)C)cc3c(-c3ccccc3)c3c(-c4ccc(C(C)(C)C)cc4)c4ccc(C(C)(C)C)cc4c(-c4ccccc4)c23)cc1.[C-]#[N+]/C(C#N)=C1/C=C(C)OC(/C=C/C=C/C2=C3C(=C)CC(C)N3CCC2(C)C)=C1. The molecule has 0 N–H and O–H groups in total. The molecular weight excluding hydrogens is 1050 g/mol. The van der Waals surface area contributed by atoms with E-state index >= 15 is 0 Å². The van der Waals surface area contributed by atoms with E-state index in [1.807, 2.05) is 31.2 Å². The van der Waals surface area contributed by atoms with Gasteiger partial charge in [0.1, 0.15) is 11.5 Å². The zero-order valence-corrected chi connectivity index (χ0v) is 54.5. The van der Waals surface area contributed by atoms with Crippen LogP contribution in [-0.2, 0) is 26.4 Å². The van der Waals surface area contributed by atoms with Gasteiger partial charge in [-0.05, 0) is 200 Å². The van der Waals surface area contributed by atoms with E-state index in [0.717, 1.165) is 19.4 Å². The lowest BCUT2D eigenvalue weighted by Crippen LogP contribution is -2.36. The Morgan fingerprint density at radius 3 is 1.43 bits per heavy atom. The van der Waals surface area contributed by atoms with Gasteiger partial charge >= 0.3 is 0 Å². The van der Waals surface area contributed by atoms with Crippen molar-refractivity contribution in [1.29, 1.82) is 5.26 Å². The maximum Gasteiger partial charge on any atom is 0.269 e. The van der Waals surface area contributed by atoms with Gasteiger partial charge in [0.15, 0.2) is 0 Å². The maximum atomic E-state index is 9.11. The Morgan fingerprint density at radius 2 is 1.00 bits per heavy atom. The van der Waals surface area contributed by atoms with Crippen molar-refractivity contribution in [3.8, 4) is 50.6 Å². The van der Waals surface area contributed by atoms with Gasteiger partial charge in [0.25, 0.3) is 5.70 Å². The Morgan fingerprint density at radius 1 is 0.586 bits per heavy atom. The summed E-state index contributed by atoms with van der Waals surface area (Å²) in [4.78, 5) is 5.77. The topological polar surface area (TPSA) is 40.6 Å². The third-order valence-electron chi connectivity index (χ3n) is 18.0. The first kappa shape index (κ1) is 61.4. The molecule has 3 heterocycles. The fraction of sp³-hybridized carbons (Fsp3) is 0.301. The molecule has 440 valence electrons. The van der Waals surface area contributed by atoms with Crippen molar-refractivity contribution in [1.82, 2.24) is 4.90 Å². The van der Waals surface area contributed by atoms with E-state index in [4.69, 9.17) is 16.6 Å².